The third-order valence-electron chi connectivity index (χ3n) is 10.9. The van der Waals surface area contributed by atoms with Crippen LogP contribution in [0.3, 0.4) is 0 Å². The van der Waals surface area contributed by atoms with Gasteiger partial charge in [0.15, 0.2) is 5.79 Å². The Morgan fingerprint density at radius 1 is 0.720 bits per heavy atom. The van der Waals surface area contributed by atoms with Gasteiger partial charge in [0, 0.05) is 0 Å². The molecule has 2 N–H and O–H groups in total. The molecule has 2 fully saturated rings. The van der Waals surface area contributed by atoms with Gasteiger partial charge >= 0.3 is 0 Å². The number of rotatable bonds is 21. The van der Waals surface area contributed by atoms with E-state index in [1.807, 2.05) is 26.0 Å². The summed E-state index contributed by atoms with van der Waals surface area (Å²) in [7, 11) is -2.78. The number of unbranched alkanes of at least 4 members (excludes halogenated alkanes) is 9. The average molecular weight is 711 g/mol. The van der Waals surface area contributed by atoms with E-state index in [0.717, 1.165) is 38.5 Å². The molecular weight excluding hydrogens is 641 g/mol. The number of aliphatic hydroxyl groups is 2. The Hall–Kier alpha value is -1.58. The summed E-state index contributed by atoms with van der Waals surface area (Å²) in [6.45, 7) is 13.2. The summed E-state index contributed by atoms with van der Waals surface area (Å²) in [6.07, 6.45) is 15.9. The topological polar surface area (TPSA) is 77.4 Å². The lowest BCUT2D eigenvalue weighted by molar-refractivity contribution is -0.154. The maximum absolute atomic E-state index is 11.5. The highest BCUT2D eigenvalue weighted by molar-refractivity contribution is 6.99. The summed E-state index contributed by atoms with van der Waals surface area (Å²) >= 11 is 0. The number of hydrogen-bond donors (Lipinski definition) is 2. The molecule has 0 saturated carbocycles. The van der Waals surface area contributed by atoms with Gasteiger partial charge in [0.1, 0.15) is 6.10 Å². The minimum Gasteiger partial charge on any atom is -0.405 e. The molecule has 4 rings (SSSR count). The van der Waals surface area contributed by atoms with Crippen molar-refractivity contribution in [3.63, 3.8) is 0 Å². The monoisotopic (exact) mass is 710 g/mol. The third-order valence-corrected chi connectivity index (χ3v) is 16.0. The van der Waals surface area contributed by atoms with E-state index in [9.17, 15) is 10.2 Å². The number of ether oxygens (including phenoxy) is 3. The Balaban J connectivity index is 1.27. The summed E-state index contributed by atoms with van der Waals surface area (Å²) in [4.78, 5) is 0. The fourth-order valence-corrected chi connectivity index (χ4v) is 12.9. The molecule has 2 aromatic rings. The molecule has 2 saturated heterocycles. The number of aliphatic hydroxyl groups excluding tert-OH is 2. The van der Waals surface area contributed by atoms with Crippen molar-refractivity contribution in [2.24, 2.45) is 0 Å². The quantitative estimate of drug-likeness (QED) is 0.0997. The van der Waals surface area contributed by atoms with Crippen LogP contribution in [0.25, 0.3) is 0 Å². The second kappa shape index (κ2) is 20.0. The Morgan fingerprint density at radius 2 is 1.20 bits per heavy atom. The van der Waals surface area contributed by atoms with Gasteiger partial charge in [0.2, 0.25) is 0 Å². The smallest absolute Gasteiger partial charge is 0.261 e. The van der Waals surface area contributed by atoms with E-state index in [1.54, 1.807) is 0 Å². The first-order valence-electron chi connectivity index (χ1n) is 20.1. The lowest BCUT2D eigenvalue weighted by atomic mass is 9.94. The van der Waals surface area contributed by atoms with Crippen molar-refractivity contribution in [2.75, 3.05) is 6.61 Å². The van der Waals surface area contributed by atoms with E-state index in [4.69, 9.17) is 18.6 Å². The molecule has 0 amide bonds. The van der Waals surface area contributed by atoms with Crippen molar-refractivity contribution in [3.8, 4) is 0 Å². The summed E-state index contributed by atoms with van der Waals surface area (Å²) in [5.74, 6) is -0.597. The van der Waals surface area contributed by atoms with Crippen LogP contribution in [0.2, 0.25) is 5.04 Å². The summed E-state index contributed by atoms with van der Waals surface area (Å²) in [5.41, 5.74) is 0. The first-order chi connectivity index (χ1) is 24.0. The first kappa shape index (κ1) is 41.2. The lowest BCUT2D eigenvalue weighted by Gasteiger charge is -2.44. The second-order valence-corrected chi connectivity index (χ2v) is 20.8. The highest BCUT2D eigenvalue weighted by atomic mass is 28.4. The lowest BCUT2D eigenvalue weighted by Crippen LogP contribution is -2.67. The van der Waals surface area contributed by atoms with E-state index in [1.165, 1.54) is 68.2 Å². The zero-order chi connectivity index (χ0) is 36.0. The Labute approximate surface area is 305 Å². The molecule has 2 aliphatic heterocycles. The predicted molar refractivity (Wildman–Crippen MR) is 208 cm³/mol. The molecule has 2 heterocycles. The molecule has 0 radical (unpaired) electrons. The minimum atomic E-state index is -2.78. The SMILES string of the molecule is CCCCCCCCCCCC[C@H]1OC(C)(C)O[C@@H]1CC[C@H](O)[C@H]1CCC[C@@H]([C@@H](O)CO[Si](c2ccccc2)(c2ccccc2)C(C)(C)C)O1. The number of benzene rings is 2. The molecule has 0 spiro atoms. The maximum Gasteiger partial charge on any atom is 0.261 e. The molecule has 0 bridgehead atoms. The van der Waals surface area contributed by atoms with Gasteiger partial charge in [0.25, 0.3) is 8.32 Å². The summed E-state index contributed by atoms with van der Waals surface area (Å²) in [6, 6.07) is 21.1. The van der Waals surface area contributed by atoms with E-state index < -0.39 is 26.3 Å². The average Bonchev–Trinajstić information content (AvgIpc) is 3.41. The highest BCUT2D eigenvalue weighted by Crippen LogP contribution is 2.38. The van der Waals surface area contributed by atoms with Gasteiger partial charge < -0.3 is 28.8 Å². The Kier molecular flexibility index (Phi) is 16.5. The van der Waals surface area contributed by atoms with Crippen LogP contribution in [0.15, 0.2) is 60.7 Å². The van der Waals surface area contributed by atoms with E-state index in [2.05, 4.69) is 76.2 Å². The van der Waals surface area contributed by atoms with E-state index in [-0.39, 0.29) is 36.1 Å². The van der Waals surface area contributed by atoms with Crippen LogP contribution in [0.1, 0.15) is 144 Å². The van der Waals surface area contributed by atoms with Gasteiger partial charge in [0.05, 0.1) is 37.1 Å². The molecule has 0 unspecified atom stereocenters. The largest absolute Gasteiger partial charge is 0.405 e. The summed E-state index contributed by atoms with van der Waals surface area (Å²) < 4.78 is 26.1. The molecular formula is C43H70O6Si. The maximum atomic E-state index is 11.5. The molecule has 0 aliphatic carbocycles. The Morgan fingerprint density at radius 3 is 1.72 bits per heavy atom. The molecule has 6 nitrogen and oxygen atoms in total. The van der Waals surface area contributed by atoms with Crippen LogP contribution in [0.5, 0.6) is 0 Å². The van der Waals surface area contributed by atoms with Crippen molar-refractivity contribution in [2.45, 2.75) is 192 Å². The number of hydrogen-bond acceptors (Lipinski definition) is 6. The fourth-order valence-electron chi connectivity index (χ4n) is 8.28. The zero-order valence-corrected chi connectivity index (χ0v) is 33.3. The molecule has 2 aromatic carbocycles. The van der Waals surface area contributed by atoms with Crippen LogP contribution < -0.4 is 10.4 Å². The molecule has 282 valence electrons. The zero-order valence-electron chi connectivity index (χ0n) is 32.3. The van der Waals surface area contributed by atoms with Gasteiger partial charge in [-0.05, 0) is 67.8 Å². The van der Waals surface area contributed by atoms with Crippen LogP contribution in [-0.4, -0.2) is 67.5 Å². The fraction of sp³-hybridized carbons (Fsp3) is 0.721. The highest BCUT2D eigenvalue weighted by Gasteiger charge is 2.51. The van der Waals surface area contributed by atoms with Gasteiger partial charge in [-0.25, -0.2) is 0 Å². The first-order valence-corrected chi connectivity index (χ1v) is 22.0. The third kappa shape index (κ3) is 11.7. The van der Waals surface area contributed by atoms with Crippen LogP contribution >= 0.6 is 0 Å². The standard InChI is InChI=1S/C43H70O6Si/c1-7-8-9-10-11-12-13-14-15-22-28-40-41(49-43(5,6)48-40)32-31-36(44)38-29-23-30-39(47-38)37(45)33-46-50(42(2,3)4,34-24-18-16-19-25-34)35-26-20-17-21-27-35/h16-21,24-27,36-41,44-45H,7-15,22-23,28-33H2,1-6H3/t36-,37-,38+,39-,40+,41+/m0/s1. The van der Waals surface area contributed by atoms with Crippen molar-refractivity contribution in [3.05, 3.63) is 60.7 Å². The normalized spacial score (nSPS) is 23.9. The predicted octanol–water partition coefficient (Wildman–Crippen LogP) is 8.83. The van der Waals surface area contributed by atoms with Crippen molar-refractivity contribution >= 4 is 18.7 Å². The Bertz CT molecular complexity index is 1160. The molecule has 0 aromatic heterocycles. The summed E-state index contributed by atoms with van der Waals surface area (Å²) in [5, 5.41) is 25.1. The van der Waals surface area contributed by atoms with Gasteiger partial charge in [-0.15, -0.1) is 0 Å². The molecule has 50 heavy (non-hydrogen) atoms. The van der Waals surface area contributed by atoms with Gasteiger partial charge in [-0.3, -0.25) is 0 Å². The van der Waals surface area contributed by atoms with Crippen LogP contribution in [0.4, 0.5) is 0 Å². The van der Waals surface area contributed by atoms with E-state index >= 15 is 0 Å². The van der Waals surface area contributed by atoms with Gasteiger partial charge in [-0.1, -0.05) is 153 Å². The van der Waals surface area contributed by atoms with Gasteiger partial charge in [-0.2, -0.15) is 0 Å². The van der Waals surface area contributed by atoms with Crippen LogP contribution in [0, 0.1) is 0 Å². The molecule has 2 aliphatic rings. The minimum absolute atomic E-state index is 0.0250. The second-order valence-electron chi connectivity index (χ2n) is 16.5. The van der Waals surface area contributed by atoms with Crippen LogP contribution in [-0.2, 0) is 18.6 Å². The van der Waals surface area contributed by atoms with Crippen molar-refractivity contribution in [1.29, 1.82) is 0 Å². The van der Waals surface area contributed by atoms with Crippen molar-refractivity contribution in [1.82, 2.24) is 0 Å². The van der Waals surface area contributed by atoms with Crippen molar-refractivity contribution < 1.29 is 28.8 Å². The van der Waals surface area contributed by atoms with E-state index in [0.29, 0.717) is 6.42 Å². The molecule has 6 atom stereocenters. The molecule has 7 heteroatoms.